The highest BCUT2D eigenvalue weighted by molar-refractivity contribution is 5.96. The summed E-state index contributed by atoms with van der Waals surface area (Å²) in [5.41, 5.74) is 0.602. The first-order chi connectivity index (χ1) is 9.49. The first-order valence-electron chi connectivity index (χ1n) is 5.93. The summed E-state index contributed by atoms with van der Waals surface area (Å²) in [7, 11) is 0. The number of Topliss-reactive ketones (excluding diaryl/α,β-unsaturated/α-hetero) is 1. The molecule has 1 aromatic heterocycles. The molecule has 0 bridgehead atoms. The van der Waals surface area contributed by atoms with Crippen LogP contribution in [0.3, 0.4) is 0 Å². The van der Waals surface area contributed by atoms with Gasteiger partial charge in [-0.05, 0) is 25.1 Å². The van der Waals surface area contributed by atoms with E-state index in [4.69, 9.17) is 0 Å². The minimum atomic E-state index is -0.528. The minimum absolute atomic E-state index is 0.0747. The Morgan fingerprint density at radius 3 is 2.50 bits per heavy atom. The fraction of sp³-hybridized carbons (Fsp3) is 0.143. The summed E-state index contributed by atoms with van der Waals surface area (Å²) >= 11 is 0. The molecule has 0 atom stereocenters. The molecule has 0 aliphatic heterocycles. The van der Waals surface area contributed by atoms with Crippen molar-refractivity contribution in [3.05, 3.63) is 74.2 Å². The van der Waals surface area contributed by atoms with Gasteiger partial charge in [0.2, 0.25) is 0 Å². The number of aromatic nitrogens is 1. The minimum Gasteiger partial charge on any atom is -0.308 e. The smallest absolute Gasteiger partial charge is 0.269 e. The highest BCUT2D eigenvalue weighted by Crippen LogP contribution is 2.12. The van der Waals surface area contributed by atoms with Crippen molar-refractivity contribution in [2.24, 2.45) is 0 Å². The number of carbonyl (C=O) groups excluding carboxylic acids is 1. The zero-order valence-electron chi connectivity index (χ0n) is 10.8. The molecule has 6 nitrogen and oxygen atoms in total. The lowest BCUT2D eigenvalue weighted by Gasteiger charge is -2.05. The number of ketones is 1. The number of pyridine rings is 1. The number of hydrogen-bond acceptors (Lipinski definition) is 4. The van der Waals surface area contributed by atoms with Crippen LogP contribution in [0.5, 0.6) is 0 Å². The molecule has 1 aromatic carbocycles. The average Bonchev–Trinajstić information content (AvgIpc) is 2.44. The maximum atomic E-state index is 12.0. The SMILES string of the molecule is Cc1cccn(CC(=O)c2ccc([N+](=O)[O-])cc2)c1=O. The fourth-order valence-corrected chi connectivity index (χ4v) is 1.80. The van der Waals surface area contributed by atoms with E-state index >= 15 is 0 Å². The number of nitrogens with zero attached hydrogens (tertiary/aromatic N) is 2. The van der Waals surface area contributed by atoms with Crippen LogP contribution in [0.1, 0.15) is 15.9 Å². The van der Waals surface area contributed by atoms with Crippen LogP contribution < -0.4 is 5.56 Å². The van der Waals surface area contributed by atoms with Gasteiger partial charge in [0.05, 0.1) is 11.5 Å². The van der Waals surface area contributed by atoms with E-state index < -0.39 is 4.92 Å². The van der Waals surface area contributed by atoms with Crippen LogP contribution in [-0.2, 0) is 6.54 Å². The highest BCUT2D eigenvalue weighted by atomic mass is 16.6. The zero-order valence-corrected chi connectivity index (χ0v) is 10.8. The van der Waals surface area contributed by atoms with E-state index in [1.807, 2.05) is 0 Å². The third kappa shape index (κ3) is 2.80. The first-order valence-corrected chi connectivity index (χ1v) is 5.93. The molecule has 20 heavy (non-hydrogen) atoms. The van der Waals surface area contributed by atoms with Crippen LogP contribution in [0.2, 0.25) is 0 Å². The molecule has 0 saturated heterocycles. The van der Waals surface area contributed by atoms with Crippen molar-refractivity contribution in [3.63, 3.8) is 0 Å². The van der Waals surface area contributed by atoms with E-state index in [2.05, 4.69) is 0 Å². The Bertz CT molecular complexity index is 717. The van der Waals surface area contributed by atoms with Crippen LogP contribution in [0.25, 0.3) is 0 Å². The lowest BCUT2D eigenvalue weighted by Crippen LogP contribution is -2.25. The second-order valence-electron chi connectivity index (χ2n) is 4.35. The molecule has 0 saturated carbocycles. The molecule has 0 amide bonds. The molecular weight excluding hydrogens is 260 g/mol. The number of nitro benzene ring substituents is 1. The van der Waals surface area contributed by atoms with Crippen LogP contribution in [0, 0.1) is 17.0 Å². The number of benzene rings is 1. The van der Waals surface area contributed by atoms with Gasteiger partial charge in [0.1, 0.15) is 0 Å². The van der Waals surface area contributed by atoms with Crippen LogP contribution in [0.15, 0.2) is 47.4 Å². The normalized spacial score (nSPS) is 10.2. The number of nitro groups is 1. The number of carbonyl (C=O) groups is 1. The van der Waals surface area contributed by atoms with Gasteiger partial charge in [0, 0.05) is 29.5 Å². The number of rotatable bonds is 4. The number of hydrogen-bond donors (Lipinski definition) is 0. The van der Waals surface area contributed by atoms with Gasteiger partial charge in [-0.15, -0.1) is 0 Å². The lowest BCUT2D eigenvalue weighted by atomic mass is 10.1. The Morgan fingerprint density at radius 2 is 1.90 bits per heavy atom. The van der Waals surface area contributed by atoms with E-state index in [1.165, 1.54) is 28.8 Å². The number of aryl methyl sites for hydroxylation is 1. The molecular formula is C14H12N2O4. The summed E-state index contributed by atoms with van der Waals surface area (Å²) < 4.78 is 1.32. The highest BCUT2D eigenvalue weighted by Gasteiger charge is 2.11. The quantitative estimate of drug-likeness (QED) is 0.484. The van der Waals surface area contributed by atoms with Crippen LogP contribution >= 0.6 is 0 Å². The summed E-state index contributed by atoms with van der Waals surface area (Å²) in [6.45, 7) is 1.59. The van der Waals surface area contributed by atoms with Crippen molar-refractivity contribution >= 4 is 11.5 Å². The van der Waals surface area contributed by atoms with Crippen molar-refractivity contribution in [1.29, 1.82) is 0 Å². The molecule has 0 unspecified atom stereocenters. The summed E-state index contributed by atoms with van der Waals surface area (Å²) in [5, 5.41) is 10.5. The van der Waals surface area contributed by atoms with Gasteiger partial charge in [0.25, 0.3) is 11.2 Å². The summed E-state index contributed by atoms with van der Waals surface area (Å²) in [4.78, 5) is 33.8. The van der Waals surface area contributed by atoms with E-state index in [1.54, 1.807) is 25.3 Å². The molecule has 0 fully saturated rings. The van der Waals surface area contributed by atoms with Crippen molar-refractivity contribution in [2.75, 3.05) is 0 Å². The van der Waals surface area contributed by atoms with Crippen molar-refractivity contribution in [3.8, 4) is 0 Å². The topological polar surface area (TPSA) is 82.2 Å². The molecule has 2 aromatic rings. The molecule has 1 heterocycles. The molecule has 102 valence electrons. The maximum absolute atomic E-state index is 12.0. The average molecular weight is 272 g/mol. The van der Waals surface area contributed by atoms with Crippen molar-refractivity contribution in [2.45, 2.75) is 13.5 Å². The standard InChI is InChI=1S/C14H12N2O4/c1-10-3-2-8-15(14(10)18)9-13(17)11-4-6-12(7-5-11)16(19)20/h2-8H,9H2,1H3. The van der Waals surface area contributed by atoms with E-state index in [0.717, 1.165) is 0 Å². The predicted octanol–water partition coefficient (Wildman–Crippen LogP) is 1.95. The number of non-ortho nitro benzene ring substituents is 1. The Hall–Kier alpha value is -2.76. The Kier molecular flexibility index (Phi) is 3.74. The van der Waals surface area contributed by atoms with Gasteiger partial charge in [-0.3, -0.25) is 19.7 Å². The van der Waals surface area contributed by atoms with Crippen LogP contribution in [-0.4, -0.2) is 15.3 Å². The molecule has 0 spiro atoms. The van der Waals surface area contributed by atoms with Gasteiger partial charge >= 0.3 is 0 Å². The third-order valence-electron chi connectivity index (χ3n) is 2.92. The zero-order chi connectivity index (χ0) is 14.7. The first kappa shape index (κ1) is 13.7. The molecule has 0 aliphatic carbocycles. The van der Waals surface area contributed by atoms with Gasteiger partial charge in [-0.1, -0.05) is 6.07 Å². The monoisotopic (exact) mass is 272 g/mol. The summed E-state index contributed by atoms with van der Waals surface area (Å²) in [6.07, 6.45) is 1.54. The Morgan fingerprint density at radius 1 is 1.25 bits per heavy atom. The molecule has 0 N–H and O–H groups in total. The largest absolute Gasteiger partial charge is 0.308 e. The summed E-state index contributed by atoms with van der Waals surface area (Å²) in [6, 6.07) is 8.69. The van der Waals surface area contributed by atoms with Gasteiger partial charge in [-0.25, -0.2) is 0 Å². The maximum Gasteiger partial charge on any atom is 0.269 e. The molecule has 6 heteroatoms. The fourth-order valence-electron chi connectivity index (χ4n) is 1.80. The third-order valence-corrected chi connectivity index (χ3v) is 2.92. The van der Waals surface area contributed by atoms with Gasteiger partial charge in [-0.2, -0.15) is 0 Å². The van der Waals surface area contributed by atoms with Gasteiger partial charge in [0.15, 0.2) is 5.78 Å². The predicted molar refractivity (Wildman–Crippen MR) is 72.9 cm³/mol. The van der Waals surface area contributed by atoms with E-state index in [0.29, 0.717) is 11.1 Å². The Balaban J connectivity index is 2.22. The van der Waals surface area contributed by atoms with Crippen molar-refractivity contribution in [1.82, 2.24) is 4.57 Å². The van der Waals surface area contributed by atoms with Crippen molar-refractivity contribution < 1.29 is 9.72 Å². The van der Waals surface area contributed by atoms with Crippen LogP contribution in [0.4, 0.5) is 5.69 Å². The molecule has 0 radical (unpaired) electrons. The Labute approximate surface area is 114 Å². The summed E-state index contributed by atoms with van der Waals surface area (Å²) in [5.74, 6) is -0.271. The molecule has 2 rings (SSSR count). The lowest BCUT2D eigenvalue weighted by molar-refractivity contribution is -0.384. The molecule has 0 aliphatic rings. The second kappa shape index (κ2) is 5.48. The van der Waals surface area contributed by atoms with E-state index in [-0.39, 0.29) is 23.6 Å². The second-order valence-corrected chi connectivity index (χ2v) is 4.35. The van der Waals surface area contributed by atoms with Gasteiger partial charge < -0.3 is 4.57 Å². The van der Waals surface area contributed by atoms with E-state index in [9.17, 15) is 19.7 Å².